The van der Waals surface area contributed by atoms with Crippen LogP contribution in [0.2, 0.25) is 0 Å². The molecule has 0 saturated carbocycles. The number of piperidine rings is 1. The highest BCUT2D eigenvalue weighted by Gasteiger charge is 2.45. The second-order valence-corrected chi connectivity index (χ2v) is 6.90. The largest absolute Gasteiger partial charge is 0.310 e. The highest BCUT2D eigenvalue weighted by molar-refractivity contribution is 7.90. The molecule has 2 atom stereocenters. The molecule has 4 nitrogen and oxygen atoms in total. The van der Waals surface area contributed by atoms with E-state index in [9.17, 15) is 17.2 Å². The fourth-order valence-corrected chi connectivity index (χ4v) is 4.11. The molecule has 2 saturated heterocycles. The van der Waals surface area contributed by atoms with Crippen molar-refractivity contribution in [2.75, 3.05) is 19.6 Å². The summed E-state index contributed by atoms with van der Waals surface area (Å²) in [7, 11) is -3.36. The fraction of sp³-hybridized carbons (Fsp3) is 1.00. The van der Waals surface area contributed by atoms with Crippen LogP contribution in [0.15, 0.2) is 0 Å². The summed E-state index contributed by atoms with van der Waals surface area (Å²) in [4.78, 5) is 0. The molecule has 2 heterocycles. The van der Waals surface area contributed by atoms with Gasteiger partial charge in [-0.15, -0.1) is 12.4 Å². The van der Waals surface area contributed by atoms with E-state index in [0.29, 0.717) is 19.5 Å². The molecule has 8 heteroatoms. The minimum atomic E-state index is -3.36. The summed E-state index contributed by atoms with van der Waals surface area (Å²) in [5.74, 6) is -2.80. The summed E-state index contributed by atoms with van der Waals surface area (Å²) in [5, 5.41) is 2.16. The Kier molecular flexibility index (Phi) is 4.39. The minimum absolute atomic E-state index is 0. The molecule has 17 heavy (non-hydrogen) atoms. The van der Waals surface area contributed by atoms with Gasteiger partial charge in [0.1, 0.15) is 0 Å². The van der Waals surface area contributed by atoms with Crippen molar-refractivity contribution in [2.24, 2.45) is 0 Å². The number of alkyl halides is 2. The van der Waals surface area contributed by atoms with Crippen molar-refractivity contribution in [3.05, 3.63) is 0 Å². The SMILES string of the molecule is CC1CCN([C@H]2CNCC(F)(F)C2)S1(=O)=O.Cl. The second kappa shape index (κ2) is 4.95. The third-order valence-electron chi connectivity index (χ3n) is 3.30. The molecule has 0 amide bonds. The Labute approximate surface area is 106 Å². The first-order valence-electron chi connectivity index (χ1n) is 5.42. The zero-order valence-electron chi connectivity index (χ0n) is 9.53. The van der Waals surface area contributed by atoms with Crippen molar-refractivity contribution >= 4 is 22.4 Å². The third kappa shape index (κ3) is 2.89. The number of rotatable bonds is 1. The maximum Gasteiger partial charge on any atom is 0.261 e. The van der Waals surface area contributed by atoms with E-state index in [1.807, 2.05) is 0 Å². The maximum atomic E-state index is 13.2. The number of hydrogen-bond donors (Lipinski definition) is 1. The van der Waals surface area contributed by atoms with Crippen molar-refractivity contribution in [3.8, 4) is 0 Å². The molecular formula is C9H17ClF2N2O2S. The molecule has 1 N–H and O–H groups in total. The Hall–Kier alpha value is 0.0200. The first-order chi connectivity index (χ1) is 7.33. The Morgan fingerprint density at radius 3 is 2.53 bits per heavy atom. The van der Waals surface area contributed by atoms with Gasteiger partial charge >= 0.3 is 0 Å². The van der Waals surface area contributed by atoms with Gasteiger partial charge in [0.15, 0.2) is 0 Å². The summed E-state index contributed by atoms with van der Waals surface area (Å²) in [5.41, 5.74) is 0. The molecule has 0 radical (unpaired) electrons. The van der Waals surface area contributed by atoms with E-state index in [4.69, 9.17) is 0 Å². The van der Waals surface area contributed by atoms with Crippen molar-refractivity contribution in [1.29, 1.82) is 0 Å². The molecule has 0 aliphatic carbocycles. The van der Waals surface area contributed by atoms with Crippen molar-refractivity contribution < 1.29 is 17.2 Å². The van der Waals surface area contributed by atoms with Crippen LogP contribution in [0.1, 0.15) is 19.8 Å². The van der Waals surface area contributed by atoms with Crippen molar-refractivity contribution in [3.63, 3.8) is 0 Å². The topological polar surface area (TPSA) is 49.4 Å². The van der Waals surface area contributed by atoms with Gasteiger partial charge < -0.3 is 5.32 Å². The van der Waals surface area contributed by atoms with E-state index in [2.05, 4.69) is 5.32 Å². The summed E-state index contributed by atoms with van der Waals surface area (Å²) < 4.78 is 51.3. The van der Waals surface area contributed by atoms with Crippen LogP contribution in [0.3, 0.4) is 0 Å². The minimum Gasteiger partial charge on any atom is -0.310 e. The predicted octanol–water partition coefficient (Wildman–Crippen LogP) is 0.829. The van der Waals surface area contributed by atoms with E-state index in [-0.39, 0.29) is 25.4 Å². The number of nitrogens with one attached hydrogen (secondary N) is 1. The number of sulfonamides is 1. The first-order valence-corrected chi connectivity index (χ1v) is 6.92. The van der Waals surface area contributed by atoms with E-state index in [0.717, 1.165) is 0 Å². The Balaban J connectivity index is 0.00000144. The van der Waals surface area contributed by atoms with Crippen LogP contribution in [0.5, 0.6) is 0 Å². The Bertz CT molecular complexity index is 377. The average Bonchev–Trinajstić information content (AvgIpc) is 2.40. The highest BCUT2D eigenvalue weighted by Crippen LogP contribution is 2.31. The lowest BCUT2D eigenvalue weighted by molar-refractivity contribution is -0.0397. The van der Waals surface area contributed by atoms with Crippen molar-refractivity contribution in [2.45, 2.75) is 37.0 Å². The Morgan fingerprint density at radius 2 is 2.06 bits per heavy atom. The second-order valence-electron chi connectivity index (χ2n) is 4.60. The van der Waals surface area contributed by atoms with E-state index < -0.39 is 27.2 Å². The van der Waals surface area contributed by atoms with Crippen LogP contribution in [0.4, 0.5) is 8.78 Å². The van der Waals surface area contributed by atoms with Gasteiger partial charge in [0.25, 0.3) is 5.92 Å². The number of halogens is 3. The van der Waals surface area contributed by atoms with Gasteiger partial charge in [0, 0.05) is 25.6 Å². The molecule has 2 rings (SSSR count). The van der Waals surface area contributed by atoms with Crippen LogP contribution in [-0.2, 0) is 10.0 Å². The smallest absolute Gasteiger partial charge is 0.261 e. The van der Waals surface area contributed by atoms with Crippen LogP contribution >= 0.6 is 12.4 Å². The van der Waals surface area contributed by atoms with Gasteiger partial charge in [-0.3, -0.25) is 0 Å². The van der Waals surface area contributed by atoms with Gasteiger partial charge in [-0.1, -0.05) is 0 Å². The van der Waals surface area contributed by atoms with E-state index in [1.54, 1.807) is 6.92 Å². The molecule has 0 bridgehead atoms. The molecule has 0 aromatic carbocycles. The molecule has 102 valence electrons. The van der Waals surface area contributed by atoms with Gasteiger partial charge in [-0.2, -0.15) is 4.31 Å². The third-order valence-corrected chi connectivity index (χ3v) is 5.68. The lowest BCUT2D eigenvalue weighted by Gasteiger charge is -2.34. The standard InChI is InChI=1S/C9H16F2N2O2S.ClH/c1-7-2-3-13(16(7,14)15)8-4-9(10,11)6-12-5-8;/h7-8,12H,2-6H2,1H3;1H/t7?,8-;/m1./s1. The summed E-state index contributed by atoms with van der Waals surface area (Å²) in [6.45, 7) is 1.96. The van der Waals surface area contributed by atoms with E-state index >= 15 is 0 Å². The molecule has 0 spiro atoms. The molecule has 1 unspecified atom stereocenters. The predicted molar refractivity (Wildman–Crippen MR) is 63.2 cm³/mol. The van der Waals surface area contributed by atoms with Crippen LogP contribution in [-0.4, -0.2) is 49.6 Å². The highest BCUT2D eigenvalue weighted by atomic mass is 35.5. The summed E-state index contributed by atoms with van der Waals surface area (Å²) in [6.07, 6.45) is 0.163. The van der Waals surface area contributed by atoms with Gasteiger partial charge in [0.05, 0.1) is 11.8 Å². The van der Waals surface area contributed by atoms with E-state index in [1.165, 1.54) is 4.31 Å². The van der Waals surface area contributed by atoms with Crippen molar-refractivity contribution in [1.82, 2.24) is 9.62 Å². The maximum absolute atomic E-state index is 13.2. The summed E-state index contributed by atoms with van der Waals surface area (Å²) in [6, 6.07) is -0.598. The molecule has 2 fully saturated rings. The number of hydrogen-bond acceptors (Lipinski definition) is 3. The van der Waals surface area contributed by atoms with Crippen LogP contribution < -0.4 is 5.32 Å². The monoisotopic (exact) mass is 290 g/mol. The van der Waals surface area contributed by atoms with Gasteiger partial charge in [-0.25, -0.2) is 17.2 Å². The zero-order valence-corrected chi connectivity index (χ0v) is 11.2. The first kappa shape index (κ1) is 15.1. The Morgan fingerprint density at radius 1 is 1.41 bits per heavy atom. The fourth-order valence-electron chi connectivity index (χ4n) is 2.32. The number of nitrogens with zero attached hydrogens (tertiary/aromatic N) is 1. The quantitative estimate of drug-likeness (QED) is 0.778. The molecule has 2 aliphatic rings. The molecule has 0 aromatic heterocycles. The zero-order chi connectivity index (χ0) is 12.0. The van der Waals surface area contributed by atoms with Crippen LogP contribution in [0, 0.1) is 0 Å². The van der Waals surface area contributed by atoms with Gasteiger partial charge in [-0.05, 0) is 13.3 Å². The lowest BCUT2D eigenvalue weighted by atomic mass is 10.0. The molecule has 0 aromatic rings. The normalized spacial score (nSPS) is 36.4. The lowest BCUT2D eigenvalue weighted by Crippen LogP contribution is -2.54. The summed E-state index contributed by atoms with van der Waals surface area (Å²) >= 11 is 0. The van der Waals surface area contributed by atoms with Crippen LogP contribution in [0.25, 0.3) is 0 Å². The average molecular weight is 291 g/mol. The molecular weight excluding hydrogens is 274 g/mol. The molecule has 2 aliphatic heterocycles. The van der Waals surface area contributed by atoms with Gasteiger partial charge in [0.2, 0.25) is 10.0 Å².